The third kappa shape index (κ3) is 2.03. The summed E-state index contributed by atoms with van der Waals surface area (Å²) in [5.74, 6) is 2.24. The van der Waals surface area contributed by atoms with Crippen LogP contribution in [-0.4, -0.2) is 24.2 Å². The number of aromatic amines is 1. The van der Waals surface area contributed by atoms with E-state index >= 15 is 0 Å². The minimum Gasteiger partial charge on any atom is -0.497 e. The first kappa shape index (κ1) is 12.3. The van der Waals surface area contributed by atoms with E-state index in [4.69, 9.17) is 15.2 Å². The number of nitrogens with one attached hydrogen (secondary N) is 1. The smallest absolute Gasteiger partial charge is 0.140 e. The molecule has 0 spiro atoms. The molecule has 0 aliphatic heterocycles. The van der Waals surface area contributed by atoms with Crippen molar-refractivity contribution in [2.24, 2.45) is 0 Å². The fourth-order valence-corrected chi connectivity index (χ4v) is 2.11. The average molecular weight is 269 g/mol. The summed E-state index contributed by atoms with van der Waals surface area (Å²) in [4.78, 5) is 7.80. The number of anilines is 1. The largest absolute Gasteiger partial charge is 0.497 e. The molecule has 0 radical (unpaired) electrons. The van der Waals surface area contributed by atoms with E-state index in [2.05, 4.69) is 9.97 Å². The predicted molar refractivity (Wildman–Crippen MR) is 79.0 cm³/mol. The Labute approximate surface area is 116 Å². The normalized spacial score (nSPS) is 10.7. The first-order chi connectivity index (χ1) is 9.71. The van der Waals surface area contributed by atoms with Gasteiger partial charge in [0.15, 0.2) is 0 Å². The Hall–Kier alpha value is -2.69. The van der Waals surface area contributed by atoms with E-state index in [0.29, 0.717) is 11.5 Å². The Kier molecular flexibility index (Phi) is 2.95. The van der Waals surface area contributed by atoms with Gasteiger partial charge in [-0.1, -0.05) is 0 Å². The van der Waals surface area contributed by atoms with Crippen LogP contribution in [-0.2, 0) is 0 Å². The van der Waals surface area contributed by atoms with Crippen molar-refractivity contribution in [1.82, 2.24) is 9.97 Å². The lowest BCUT2D eigenvalue weighted by Crippen LogP contribution is -1.92. The average Bonchev–Trinajstić information content (AvgIpc) is 2.90. The number of imidazole rings is 1. The van der Waals surface area contributed by atoms with Crippen LogP contribution in [0, 0.1) is 0 Å². The number of H-pyrrole nitrogens is 1. The van der Waals surface area contributed by atoms with Gasteiger partial charge in [0.05, 0.1) is 25.3 Å². The van der Waals surface area contributed by atoms with Crippen molar-refractivity contribution in [3.63, 3.8) is 0 Å². The molecule has 1 heterocycles. The van der Waals surface area contributed by atoms with Gasteiger partial charge in [0.2, 0.25) is 0 Å². The molecule has 3 aromatic rings. The number of benzene rings is 2. The zero-order valence-corrected chi connectivity index (χ0v) is 11.3. The second-order valence-corrected chi connectivity index (χ2v) is 4.42. The molecule has 5 nitrogen and oxygen atoms in total. The molecule has 0 bridgehead atoms. The van der Waals surface area contributed by atoms with Gasteiger partial charge in [0, 0.05) is 17.3 Å². The molecule has 3 rings (SSSR count). The maximum atomic E-state index is 6.01. The van der Waals surface area contributed by atoms with Crippen LogP contribution in [0.25, 0.3) is 22.4 Å². The summed E-state index contributed by atoms with van der Waals surface area (Å²) < 4.78 is 10.4. The number of hydrogen-bond donors (Lipinski definition) is 2. The molecule has 5 heteroatoms. The molecule has 0 fully saturated rings. The van der Waals surface area contributed by atoms with Gasteiger partial charge in [0.1, 0.15) is 17.3 Å². The Balaban J connectivity index is 2.14. The van der Waals surface area contributed by atoms with Crippen LogP contribution in [0.2, 0.25) is 0 Å². The molecule has 0 atom stereocenters. The Morgan fingerprint density at radius 1 is 1.00 bits per heavy atom. The summed E-state index contributed by atoms with van der Waals surface area (Å²) in [6.07, 6.45) is 0. The van der Waals surface area contributed by atoms with Gasteiger partial charge < -0.3 is 20.2 Å². The number of rotatable bonds is 3. The van der Waals surface area contributed by atoms with Crippen molar-refractivity contribution in [1.29, 1.82) is 0 Å². The molecule has 0 unspecified atom stereocenters. The van der Waals surface area contributed by atoms with E-state index < -0.39 is 0 Å². The van der Waals surface area contributed by atoms with Crippen LogP contribution in [0.1, 0.15) is 0 Å². The molecule has 102 valence electrons. The molecular formula is C15H15N3O2. The highest BCUT2D eigenvalue weighted by molar-refractivity contribution is 5.83. The summed E-state index contributed by atoms with van der Waals surface area (Å²) in [5.41, 5.74) is 9.25. The first-order valence-electron chi connectivity index (χ1n) is 6.19. The number of fused-ring (bicyclic) bond motifs is 1. The van der Waals surface area contributed by atoms with Gasteiger partial charge in [-0.15, -0.1) is 0 Å². The third-order valence-corrected chi connectivity index (χ3v) is 3.20. The molecule has 1 aromatic heterocycles. The number of ether oxygens (including phenoxy) is 2. The zero-order valence-electron chi connectivity index (χ0n) is 11.3. The van der Waals surface area contributed by atoms with Crippen molar-refractivity contribution < 1.29 is 9.47 Å². The molecule has 2 aromatic carbocycles. The Morgan fingerprint density at radius 2 is 1.70 bits per heavy atom. The lowest BCUT2D eigenvalue weighted by Gasteiger charge is -2.05. The number of nitrogens with two attached hydrogens (primary N) is 1. The molecule has 20 heavy (non-hydrogen) atoms. The first-order valence-corrected chi connectivity index (χ1v) is 6.19. The third-order valence-electron chi connectivity index (χ3n) is 3.20. The Morgan fingerprint density at radius 3 is 2.45 bits per heavy atom. The summed E-state index contributed by atoms with van der Waals surface area (Å²) in [6.45, 7) is 0. The van der Waals surface area contributed by atoms with Gasteiger partial charge in [0.25, 0.3) is 0 Å². The molecular weight excluding hydrogens is 254 g/mol. The topological polar surface area (TPSA) is 73.2 Å². The quantitative estimate of drug-likeness (QED) is 0.717. The molecule has 0 saturated heterocycles. The van der Waals surface area contributed by atoms with E-state index in [1.807, 2.05) is 36.4 Å². The van der Waals surface area contributed by atoms with E-state index in [0.717, 1.165) is 28.1 Å². The fraction of sp³-hybridized carbons (Fsp3) is 0.133. The van der Waals surface area contributed by atoms with Crippen LogP contribution < -0.4 is 15.2 Å². The maximum Gasteiger partial charge on any atom is 0.140 e. The molecule has 0 aliphatic carbocycles. The minimum atomic E-state index is 0.650. The Bertz CT molecular complexity index is 765. The SMILES string of the molecule is COc1ccc(N)c(-c2nc3ccc(OC)cc3[nH]2)c1. The number of nitrogens with zero attached hydrogens (tertiary/aromatic N) is 1. The predicted octanol–water partition coefficient (Wildman–Crippen LogP) is 2.83. The van der Waals surface area contributed by atoms with Crippen LogP contribution in [0.4, 0.5) is 5.69 Å². The van der Waals surface area contributed by atoms with Gasteiger partial charge in [-0.25, -0.2) is 4.98 Å². The number of nitrogen functional groups attached to an aromatic ring is 1. The second-order valence-electron chi connectivity index (χ2n) is 4.42. The van der Waals surface area contributed by atoms with E-state index in [9.17, 15) is 0 Å². The van der Waals surface area contributed by atoms with Crippen molar-refractivity contribution >= 4 is 16.7 Å². The molecule has 3 N–H and O–H groups in total. The maximum absolute atomic E-state index is 6.01. The van der Waals surface area contributed by atoms with E-state index in [1.54, 1.807) is 14.2 Å². The van der Waals surface area contributed by atoms with Crippen molar-refractivity contribution in [2.45, 2.75) is 0 Å². The summed E-state index contributed by atoms with van der Waals surface area (Å²) in [7, 11) is 3.26. The van der Waals surface area contributed by atoms with Crippen LogP contribution in [0.15, 0.2) is 36.4 Å². The minimum absolute atomic E-state index is 0.650. The van der Waals surface area contributed by atoms with Crippen molar-refractivity contribution in [3.8, 4) is 22.9 Å². The van der Waals surface area contributed by atoms with Crippen molar-refractivity contribution in [3.05, 3.63) is 36.4 Å². The highest BCUT2D eigenvalue weighted by Gasteiger charge is 2.10. The zero-order chi connectivity index (χ0) is 14.1. The molecule has 0 amide bonds. The standard InChI is InChI=1S/C15H15N3O2/c1-19-9-3-5-12(16)11(7-9)15-17-13-6-4-10(20-2)8-14(13)18-15/h3-8H,16H2,1-2H3,(H,17,18). The second kappa shape index (κ2) is 4.77. The van der Waals surface area contributed by atoms with Gasteiger partial charge in [-0.05, 0) is 30.3 Å². The van der Waals surface area contributed by atoms with Gasteiger partial charge in [-0.3, -0.25) is 0 Å². The van der Waals surface area contributed by atoms with Crippen LogP contribution in [0.3, 0.4) is 0 Å². The lowest BCUT2D eigenvalue weighted by molar-refractivity contribution is 0.415. The monoisotopic (exact) mass is 269 g/mol. The van der Waals surface area contributed by atoms with Gasteiger partial charge in [-0.2, -0.15) is 0 Å². The van der Waals surface area contributed by atoms with Crippen molar-refractivity contribution in [2.75, 3.05) is 20.0 Å². The van der Waals surface area contributed by atoms with Gasteiger partial charge >= 0.3 is 0 Å². The number of hydrogen-bond acceptors (Lipinski definition) is 4. The summed E-state index contributed by atoms with van der Waals surface area (Å²) in [5, 5.41) is 0. The summed E-state index contributed by atoms with van der Waals surface area (Å²) in [6, 6.07) is 11.2. The summed E-state index contributed by atoms with van der Waals surface area (Å²) >= 11 is 0. The number of methoxy groups -OCH3 is 2. The highest BCUT2D eigenvalue weighted by Crippen LogP contribution is 2.30. The highest BCUT2D eigenvalue weighted by atomic mass is 16.5. The number of aromatic nitrogens is 2. The van der Waals surface area contributed by atoms with Crippen LogP contribution >= 0.6 is 0 Å². The lowest BCUT2D eigenvalue weighted by atomic mass is 10.1. The van der Waals surface area contributed by atoms with Crippen LogP contribution in [0.5, 0.6) is 11.5 Å². The van der Waals surface area contributed by atoms with E-state index in [-0.39, 0.29) is 0 Å². The molecule has 0 saturated carbocycles. The van der Waals surface area contributed by atoms with E-state index in [1.165, 1.54) is 0 Å². The fourth-order valence-electron chi connectivity index (χ4n) is 2.11. The molecule has 0 aliphatic rings.